The van der Waals surface area contributed by atoms with Crippen molar-refractivity contribution in [2.45, 2.75) is 63.8 Å². The minimum absolute atomic E-state index is 0.401. The fraction of sp³-hybridized carbons (Fsp3) is 1.00. The molecule has 1 heterocycles. The lowest BCUT2D eigenvalue weighted by Gasteiger charge is -2.39. The molecule has 1 fully saturated rings. The van der Waals surface area contributed by atoms with Gasteiger partial charge in [-0.1, -0.05) is 26.7 Å². The van der Waals surface area contributed by atoms with Gasteiger partial charge in [-0.15, -0.1) is 0 Å². The maximum Gasteiger partial charge on any atom is 0.186 e. The molecule has 0 saturated carbocycles. The van der Waals surface area contributed by atoms with Crippen LogP contribution in [0.1, 0.15) is 33.1 Å². The molecule has 1 saturated heterocycles. The van der Waals surface area contributed by atoms with Crippen molar-refractivity contribution < 1.29 is 29.9 Å². The highest BCUT2D eigenvalue weighted by Crippen LogP contribution is 2.22. The topological polar surface area (TPSA) is 99.4 Å². The van der Waals surface area contributed by atoms with Gasteiger partial charge in [0, 0.05) is 0 Å². The zero-order valence-corrected chi connectivity index (χ0v) is 14.2. The number of aliphatic hydroxyl groups is 4. The highest BCUT2D eigenvalue weighted by atomic mass is 32.2. The highest BCUT2D eigenvalue weighted by molar-refractivity contribution is 7.99. The second-order valence-electron chi connectivity index (χ2n) is 5.68. The largest absolute Gasteiger partial charge is 0.394 e. The molecule has 0 aromatic carbocycles. The summed E-state index contributed by atoms with van der Waals surface area (Å²) in [6, 6.07) is 0. The van der Waals surface area contributed by atoms with E-state index in [-0.39, 0.29) is 0 Å². The Morgan fingerprint density at radius 2 is 1.77 bits per heavy atom. The van der Waals surface area contributed by atoms with Gasteiger partial charge in [-0.2, -0.15) is 11.8 Å². The average Bonchev–Trinajstić information content (AvgIpc) is 2.54. The molecule has 0 aliphatic carbocycles. The predicted octanol–water partition coefficient (Wildman–Crippen LogP) is 0.362. The van der Waals surface area contributed by atoms with Crippen molar-refractivity contribution in [2.75, 3.05) is 24.7 Å². The summed E-state index contributed by atoms with van der Waals surface area (Å²) >= 11 is 1.89. The van der Waals surface area contributed by atoms with E-state index < -0.39 is 37.3 Å². The Hall–Kier alpha value is 0.110. The Morgan fingerprint density at radius 1 is 1.09 bits per heavy atom. The first-order valence-electron chi connectivity index (χ1n) is 8.04. The Balaban J connectivity index is 2.21. The second kappa shape index (κ2) is 10.8. The molecular weight excluding hydrogens is 308 g/mol. The average molecular weight is 338 g/mol. The van der Waals surface area contributed by atoms with E-state index in [1.165, 1.54) is 12.8 Å². The van der Waals surface area contributed by atoms with E-state index in [4.69, 9.17) is 14.6 Å². The zero-order chi connectivity index (χ0) is 16.5. The molecule has 1 rings (SSSR count). The van der Waals surface area contributed by atoms with Crippen LogP contribution in [0.15, 0.2) is 0 Å². The molecule has 4 N–H and O–H groups in total. The molecule has 0 amide bonds. The monoisotopic (exact) mass is 338 g/mol. The Labute approximate surface area is 136 Å². The molecule has 0 radical (unpaired) electrons. The predicted molar refractivity (Wildman–Crippen MR) is 85.7 cm³/mol. The maximum atomic E-state index is 9.81. The Morgan fingerprint density at radius 3 is 2.36 bits per heavy atom. The summed E-state index contributed by atoms with van der Waals surface area (Å²) in [5.41, 5.74) is 0. The van der Waals surface area contributed by atoms with E-state index in [1.54, 1.807) is 0 Å². The standard InChI is InChI=1S/C15H30O6S/c1-3-10(4-2)9-22-7-5-6-20-15-14(19)13(18)12(17)11(8-16)21-15/h10-19H,3-9H2,1-2H3. The first-order valence-corrected chi connectivity index (χ1v) is 9.20. The van der Waals surface area contributed by atoms with Gasteiger partial charge in [-0.05, 0) is 23.8 Å². The smallest absolute Gasteiger partial charge is 0.186 e. The van der Waals surface area contributed by atoms with Crippen LogP contribution < -0.4 is 0 Å². The van der Waals surface area contributed by atoms with Crippen LogP contribution in [0.3, 0.4) is 0 Å². The summed E-state index contributed by atoms with van der Waals surface area (Å²) in [6.45, 7) is 4.38. The Kier molecular flexibility index (Phi) is 9.90. The third-order valence-electron chi connectivity index (χ3n) is 4.07. The van der Waals surface area contributed by atoms with Gasteiger partial charge in [0.1, 0.15) is 24.4 Å². The maximum absolute atomic E-state index is 9.81. The fourth-order valence-corrected chi connectivity index (χ4v) is 3.63. The number of hydrogen-bond donors (Lipinski definition) is 4. The summed E-state index contributed by atoms with van der Waals surface area (Å²) in [6.07, 6.45) is -2.73. The molecule has 6 nitrogen and oxygen atoms in total. The lowest BCUT2D eigenvalue weighted by atomic mass is 9.99. The van der Waals surface area contributed by atoms with Gasteiger partial charge in [0.15, 0.2) is 6.29 Å². The number of thioether (sulfide) groups is 1. The van der Waals surface area contributed by atoms with Crippen molar-refractivity contribution in [1.29, 1.82) is 0 Å². The van der Waals surface area contributed by atoms with Crippen molar-refractivity contribution >= 4 is 11.8 Å². The van der Waals surface area contributed by atoms with E-state index in [9.17, 15) is 15.3 Å². The molecular formula is C15H30O6S. The van der Waals surface area contributed by atoms with Gasteiger partial charge in [0.05, 0.1) is 13.2 Å². The van der Waals surface area contributed by atoms with Gasteiger partial charge < -0.3 is 29.9 Å². The molecule has 22 heavy (non-hydrogen) atoms. The lowest BCUT2D eigenvalue weighted by molar-refractivity contribution is -0.300. The summed E-state index contributed by atoms with van der Waals surface area (Å²) in [4.78, 5) is 0. The first kappa shape index (κ1) is 20.2. The fourth-order valence-electron chi connectivity index (χ4n) is 2.34. The molecule has 0 bridgehead atoms. The van der Waals surface area contributed by atoms with Gasteiger partial charge in [0.2, 0.25) is 0 Å². The van der Waals surface area contributed by atoms with Crippen LogP contribution in [0.25, 0.3) is 0 Å². The summed E-state index contributed by atoms with van der Waals surface area (Å²) in [7, 11) is 0. The SMILES string of the molecule is CCC(CC)CSCCCOC1OC(CO)C(O)C(O)C1O. The molecule has 0 aromatic rings. The van der Waals surface area contributed by atoms with Crippen LogP contribution in [-0.4, -0.2) is 75.9 Å². The van der Waals surface area contributed by atoms with Crippen LogP contribution in [0.5, 0.6) is 0 Å². The van der Waals surface area contributed by atoms with Gasteiger partial charge in [-0.3, -0.25) is 0 Å². The normalized spacial score (nSPS) is 32.6. The van der Waals surface area contributed by atoms with Crippen LogP contribution in [0.4, 0.5) is 0 Å². The van der Waals surface area contributed by atoms with Gasteiger partial charge in [0.25, 0.3) is 0 Å². The number of hydrogen-bond acceptors (Lipinski definition) is 7. The van der Waals surface area contributed by atoms with Crippen LogP contribution in [0.2, 0.25) is 0 Å². The molecule has 1 aliphatic rings. The van der Waals surface area contributed by atoms with Crippen molar-refractivity contribution in [1.82, 2.24) is 0 Å². The van der Waals surface area contributed by atoms with Crippen LogP contribution >= 0.6 is 11.8 Å². The lowest BCUT2D eigenvalue weighted by Crippen LogP contribution is -2.59. The van der Waals surface area contributed by atoms with Gasteiger partial charge in [-0.25, -0.2) is 0 Å². The van der Waals surface area contributed by atoms with Crippen molar-refractivity contribution in [3.05, 3.63) is 0 Å². The molecule has 5 atom stereocenters. The number of aliphatic hydroxyl groups excluding tert-OH is 4. The molecule has 0 aromatic heterocycles. The quantitative estimate of drug-likeness (QED) is 0.427. The molecule has 7 heteroatoms. The summed E-state index contributed by atoms with van der Waals surface area (Å²) in [5, 5.41) is 38.2. The molecule has 0 spiro atoms. The van der Waals surface area contributed by atoms with Crippen LogP contribution in [0, 0.1) is 5.92 Å². The van der Waals surface area contributed by atoms with Crippen LogP contribution in [-0.2, 0) is 9.47 Å². The summed E-state index contributed by atoms with van der Waals surface area (Å²) < 4.78 is 10.7. The molecule has 5 unspecified atom stereocenters. The van der Waals surface area contributed by atoms with E-state index >= 15 is 0 Å². The van der Waals surface area contributed by atoms with Crippen molar-refractivity contribution in [3.8, 4) is 0 Å². The number of rotatable bonds is 10. The first-order chi connectivity index (χ1) is 10.5. The van der Waals surface area contributed by atoms with Crippen molar-refractivity contribution in [3.63, 3.8) is 0 Å². The molecule has 1 aliphatic heterocycles. The van der Waals surface area contributed by atoms with Gasteiger partial charge >= 0.3 is 0 Å². The molecule has 132 valence electrons. The minimum Gasteiger partial charge on any atom is -0.394 e. The minimum atomic E-state index is -1.37. The highest BCUT2D eigenvalue weighted by Gasteiger charge is 2.43. The number of ether oxygens (including phenoxy) is 2. The third-order valence-corrected chi connectivity index (χ3v) is 5.36. The van der Waals surface area contributed by atoms with Crippen molar-refractivity contribution in [2.24, 2.45) is 5.92 Å². The Bertz CT molecular complexity index is 287. The second-order valence-corrected chi connectivity index (χ2v) is 6.83. The third kappa shape index (κ3) is 5.96. The summed E-state index contributed by atoms with van der Waals surface area (Å²) in [5.74, 6) is 2.87. The van der Waals surface area contributed by atoms with E-state index in [1.807, 2.05) is 11.8 Å². The van der Waals surface area contributed by atoms with E-state index in [2.05, 4.69) is 13.8 Å². The zero-order valence-electron chi connectivity index (χ0n) is 13.4. The van der Waals surface area contributed by atoms with E-state index in [0.29, 0.717) is 6.61 Å². The van der Waals surface area contributed by atoms with E-state index in [0.717, 1.165) is 23.8 Å².